The van der Waals surface area contributed by atoms with Gasteiger partial charge in [-0.1, -0.05) is 18.2 Å². The van der Waals surface area contributed by atoms with Crippen LogP contribution < -0.4 is 11.2 Å². The molecule has 1 aliphatic heterocycles. The number of hydrogen-bond acceptors (Lipinski definition) is 4. The Labute approximate surface area is 98.4 Å². The zero-order chi connectivity index (χ0) is 12.5. The van der Waals surface area contributed by atoms with Crippen LogP contribution in [-0.4, -0.2) is 25.9 Å². The third kappa shape index (κ3) is 2.28. The molecule has 0 saturated carbocycles. The van der Waals surface area contributed by atoms with E-state index < -0.39 is 15.9 Å². The predicted octanol–water partition coefficient (Wildman–Crippen LogP) is 0.236. The van der Waals surface area contributed by atoms with Crippen LogP contribution in [0.2, 0.25) is 0 Å². The fourth-order valence-corrected chi connectivity index (χ4v) is 3.18. The van der Waals surface area contributed by atoms with Gasteiger partial charge in [0.15, 0.2) is 9.84 Å². The number of sulfone groups is 1. The molecule has 0 saturated heterocycles. The Morgan fingerprint density at radius 2 is 2.06 bits per heavy atom. The molecule has 0 fully saturated rings. The topological polar surface area (TPSA) is 102 Å². The lowest BCUT2D eigenvalue weighted by molar-refractivity contribution is 0.249. The van der Waals surface area contributed by atoms with Gasteiger partial charge in [-0.25, -0.2) is 18.6 Å². The Morgan fingerprint density at radius 1 is 1.35 bits per heavy atom. The first-order valence-corrected chi connectivity index (χ1v) is 6.60. The number of nitrogens with two attached hydrogens (primary N) is 1. The van der Waals surface area contributed by atoms with Gasteiger partial charge in [-0.15, -0.1) is 0 Å². The summed E-state index contributed by atoms with van der Waals surface area (Å²) >= 11 is 0. The zero-order valence-corrected chi connectivity index (χ0v) is 9.70. The molecule has 0 aromatic heterocycles. The molecule has 7 heteroatoms. The molecule has 90 valence electrons. The number of urea groups is 1. The molecule has 3 N–H and O–H groups in total. The molecule has 0 aliphatic carbocycles. The summed E-state index contributed by atoms with van der Waals surface area (Å²) in [5.41, 5.74) is 8.07. The molecule has 1 aromatic carbocycles. The number of hydrogen-bond donors (Lipinski definition) is 2. The average molecular weight is 253 g/mol. The van der Waals surface area contributed by atoms with Gasteiger partial charge in [-0.05, 0) is 6.07 Å². The summed E-state index contributed by atoms with van der Waals surface area (Å²) in [6.45, 7) is 0. The van der Waals surface area contributed by atoms with Gasteiger partial charge >= 0.3 is 6.03 Å². The third-order valence-corrected chi connectivity index (χ3v) is 4.21. The van der Waals surface area contributed by atoms with Crippen molar-refractivity contribution in [2.45, 2.75) is 11.3 Å². The van der Waals surface area contributed by atoms with E-state index in [0.29, 0.717) is 11.3 Å². The first-order chi connectivity index (χ1) is 8.00. The van der Waals surface area contributed by atoms with Gasteiger partial charge in [0.25, 0.3) is 0 Å². The number of carbonyl (C=O) groups excluding carboxylic acids is 1. The lowest BCUT2D eigenvalue weighted by Gasteiger charge is -2.17. The molecule has 0 atom stereocenters. The number of carbonyl (C=O) groups is 1. The van der Waals surface area contributed by atoms with E-state index in [4.69, 9.17) is 5.73 Å². The minimum atomic E-state index is -3.24. The number of hydrazone groups is 1. The number of nitrogens with zero attached hydrogens (tertiary/aromatic N) is 1. The number of nitrogens with one attached hydrogen (secondary N) is 1. The summed E-state index contributed by atoms with van der Waals surface area (Å²) in [5, 5.41) is 3.82. The fourth-order valence-electron chi connectivity index (χ4n) is 1.69. The first-order valence-electron chi connectivity index (χ1n) is 4.95. The van der Waals surface area contributed by atoms with Crippen LogP contribution in [0.4, 0.5) is 4.79 Å². The lowest BCUT2D eigenvalue weighted by Crippen LogP contribution is -2.28. The minimum Gasteiger partial charge on any atom is -0.350 e. The normalized spacial score (nSPS) is 19.6. The highest BCUT2D eigenvalue weighted by Crippen LogP contribution is 2.24. The van der Waals surface area contributed by atoms with Gasteiger partial charge in [0.2, 0.25) is 0 Å². The Bertz CT molecular complexity index is 593. The van der Waals surface area contributed by atoms with Crippen LogP contribution in [-0.2, 0) is 9.84 Å². The van der Waals surface area contributed by atoms with Gasteiger partial charge in [0.05, 0.1) is 16.4 Å². The second-order valence-corrected chi connectivity index (χ2v) is 5.68. The van der Waals surface area contributed by atoms with Crippen molar-refractivity contribution in [3.63, 3.8) is 0 Å². The van der Waals surface area contributed by atoms with Crippen molar-refractivity contribution in [2.75, 3.05) is 5.75 Å². The number of rotatable bonds is 1. The maximum atomic E-state index is 11.8. The second kappa shape index (κ2) is 4.17. The van der Waals surface area contributed by atoms with Crippen molar-refractivity contribution < 1.29 is 13.2 Å². The van der Waals surface area contributed by atoms with Gasteiger partial charge < -0.3 is 5.73 Å². The van der Waals surface area contributed by atoms with E-state index in [1.807, 2.05) is 0 Å². The summed E-state index contributed by atoms with van der Waals surface area (Å²) in [7, 11) is -3.24. The Morgan fingerprint density at radius 3 is 2.76 bits per heavy atom. The summed E-state index contributed by atoms with van der Waals surface area (Å²) in [6.07, 6.45) is 0.264. The molecule has 0 radical (unpaired) electrons. The highest BCUT2D eigenvalue weighted by atomic mass is 32.2. The SMILES string of the molecule is NC(=O)N/N=C1/CCS(=O)(=O)c2ccccc21. The standard InChI is InChI=1S/C10H11N3O3S/c11-10(14)13-12-8-5-6-17(15,16)9-4-2-1-3-7(8)9/h1-4H,5-6H2,(H3,11,13,14)/b12-8-. The Kier molecular flexibility index (Phi) is 2.84. The van der Waals surface area contributed by atoms with Crippen molar-refractivity contribution in [3.8, 4) is 0 Å². The number of fused-ring (bicyclic) bond motifs is 1. The van der Waals surface area contributed by atoms with Crippen LogP contribution in [0.1, 0.15) is 12.0 Å². The summed E-state index contributed by atoms with van der Waals surface area (Å²) < 4.78 is 23.6. The van der Waals surface area contributed by atoms with E-state index in [2.05, 4.69) is 10.5 Å². The third-order valence-electron chi connectivity index (χ3n) is 2.44. The fraction of sp³-hybridized carbons (Fsp3) is 0.200. The minimum absolute atomic E-state index is 0.0106. The maximum Gasteiger partial charge on any atom is 0.332 e. The van der Waals surface area contributed by atoms with Crippen molar-refractivity contribution >= 4 is 21.6 Å². The second-order valence-electron chi connectivity index (χ2n) is 3.60. The van der Waals surface area contributed by atoms with Crippen LogP contribution in [0.25, 0.3) is 0 Å². The van der Waals surface area contributed by atoms with Crippen molar-refractivity contribution in [1.29, 1.82) is 0 Å². The predicted molar refractivity (Wildman–Crippen MR) is 62.4 cm³/mol. The van der Waals surface area contributed by atoms with Gasteiger partial charge in [0.1, 0.15) is 0 Å². The molecular formula is C10H11N3O3S. The molecule has 0 spiro atoms. The molecule has 2 amide bonds. The van der Waals surface area contributed by atoms with E-state index in [1.54, 1.807) is 18.2 Å². The smallest absolute Gasteiger partial charge is 0.332 e. The molecule has 17 heavy (non-hydrogen) atoms. The van der Waals surface area contributed by atoms with Gasteiger partial charge in [-0.2, -0.15) is 5.10 Å². The molecule has 1 aliphatic rings. The van der Waals surface area contributed by atoms with E-state index in [1.165, 1.54) is 6.07 Å². The van der Waals surface area contributed by atoms with Crippen LogP contribution in [0.5, 0.6) is 0 Å². The van der Waals surface area contributed by atoms with Crippen LogP contribution in [0, 0.1) is 0 Å². The monoisotopic (exact) mass is 253 g/mol. The van der Waals surface area contributed by atoms with Gasteiger partial charge in [0, 0.05) is 12.0 Å². The number of amides is 2. The van der Waals surface area contributed by atoms with Crippen LogP contribution >= 0.6 is 0 Å². The van der Waals surface area contributed by atoms with Crippen LogP contribution in [0.3, 0.4) is 0 Å². The van der Waals surface area contributed by atoms with Crippen LogP contribution in [0.15, 0.2) is 34.3 Å². The molecule has 0 unspecified atom stereocenters. The number of primary amides is 1. The van der Waals surface area contributed by atoms with Crippen molar-refractivity contribution in [1.82, 2.24) is 5.43 Å². The average Bonchev–Trinajstić information content (AvgIpc) is 2.28. The first kappa shape index (κ1) is 11.6. The zero-order valence-electron chi connectivity index (χ0n) is 8.88. The molecule has 1 heterocycles. The van der Waals surface area contributed by atoms with E-state index >= 15 is 0 Å². The number of benzene rings is 1. The molecule has 2 rings (SSSR count). The summed E-state index contributed by atoms with van der Waals surface area (Å²) in [5.74, 6) is -0.0106. The molecule has 0 bridgehead atoms. The molecular weight excluding hydrogens is 242 g/mol. The van der Waals surface area contributed by atoms with E-state index in [0.717, 1.165) is 0 Å². The van der Waals surface area contributed by atoms with Gasteiger partial charge in [-0.3, -0.25) is 0 Å². The Balaban J connectivity index is 2.49. The Hall–Kier alpha value is -1.89. The highest BCUT2D eigenvalue weighted by molar-refractivity contribution is 7.91. The van der Waals surface area contributed by atoms with E-state index in [9.17, 15) is 13.2 Å². The summed E-state index contributed by atoms with van der Waals surface area (Å²) in [4.78, 5) is 10.8. The maximum absolute atomic E-state index is 11.8. The van der Waals surface area contributed by atoms with Crippen molar-refractivity contribution in [2.24, 2.45) is 10.8 Å². The molecule has 1 aromatic rings. The highest BCUT2D eigenvalue weighted by Gasteiger charge is 2.27. The van der Waals surface area contributed by atoms with Crippen molar-refractivity contribution in [3.05, 3.63) is 29.8 Å². The quantitative estimate of drug-likeness (QED) is 0.700. The molecule has 6 nitrogen and oxygen atoms in total. The lowest BCUT2D eigenvalue weighted by atomic mass is 10.1. The summed E-state index contributed by atoms with van der Waals surface area (Å²) in [6, 6.07) is 5.79. The largest absolute Gasteiger partial charge is 0.350 e. The van der Waals surface area contributed by atoms with E-state index in [-0.39, 0.29) is 17.1 Å².